The molecule has 2 N–H and O–H groups in total. The van der Waals surface area contributed by atoms with Crippen LogP contribution in [0.5, 0.6) is 0 Å². The van der Waals surface area contributed by atoms with E-state index in [-0.39, 0.29) is 5.82 Å². The maximum atomic E-state index is 13.2. The molecule has 0 saturated carbocycles. The van der Waals surface area contributed by atoms with Crippen molar-refractivity contribution in [2.75, 3.05) is 11.9 Å². The number of aryl methyl sites for hydroxylation is 2. The standard InChI is InChI=1S/C17H19FN2S/c1-13-9-10-15(18)12-16(13)20-17(21)19-11-5-8-14-6-3-2-4-7-14/h2-4,6-7,9-10,12H,5,8,11H2,1H3,(H2,19,20,21). The fraction of sp³-hybridized carbons (Fsp3) is 0.235. The average molecular weight is 302 g/mol. The second kappa shape index (κ2) is 7.74. The summed E-state index contributed by atoms with van der Waals surface area (Å²) >= 11 is 5.22. The second-order valence-electron chi connectivity index (χ2n) is 4.93. The molecular weight excluding hydrogens is 283 g/mol. The highest BCUT2D eigenvalue weighted by Crippen LogP contribution is 2.15. The molecule has 21 heavy (non-hydrogen) atoms. The molecule has 0 radical (unpaired) electrons. The first-order chi connectivity index (χ1) is 10.1. The lowest BCUT2D eigenvalue weighted by Gasteiger charge is -2.12. The Kier molecular flexibility index (Phi) is 5.69. The summed E-state index contributed by atoms with van der Waals surface area (Å²) in [4.78, 5) is 0. The van der Waals surface area contributed by atoms with E-state index in [0.717, 1.165) is 24.9 Å². The van der Waals surface area contributed by atoms with E-state index in [2.05, 4.69) is 22.8 Å². The number of rotatable bonds is 5. The lowest BCUT2D eigenvalue weighted by Crippen LogP contribution is -2.29. The van der Waals surface area contributed by atoms with Gasteiger partial charge in [-0.2, -0.15) is 0 Å². The maximum Gasteiger partial charge on any atom is 0.170 e. The van der Waals surface area contributed by atoms with Crippen molar-refractivity contribution in [3.05, 3.63) is 65.5 Å². The van der Waals surface area contributed by atoms with Crippen LogP contribution in [0.3, 0.4) is 0 Å². The van der Waals surface area contributed by atoms with Crippen molar-refractivity contribution in [1.29, 1.82) is 0 Å². The predicted octanol–water partition coefficient (Wildman–Crippen LogP) is 4.05. The summed E-state index contributed by atoms with van der Waals surface area (Å²) in [6, 6.07) is 15.0. The number of hydrogen-bond donors (Lipinski definition) is 2. The summed E-state index contributed by atoms with van der Waals surface area (Å²) in [6.07, 6.45) is 2.00. The summed E-state index contributed by atoms with van der Waals surface area (Å²) in [7, 11) is 0. The molecule has 0 fully saturated rings. The molecule has 0 heterocycles. The van der Waals surface area contributed by atoms with Crippen molar-refractivity contribution < 1.29 is 4.39 Å². The third-order valence-corrected chi connectivity index (χ3v) is 3.46. The summed E-state index contributed by atoms with van der Waals surface area (Å²) in [5.41, 5.74) is 2.99. The van der Waals surface area contributed by atoms with Gasteiger partial charge in [0, 0.05) is 12.2 Å². The monoisotopic (exact) mass is 302 g/mol. The van der Waals surface area contributed by atoms with Crippen LogP contribution in [-0.4, -0.2) is 11.7 Å². The average Bonchev–Trinajstić information content (AvgIpc) is 2.48. The van der Waals surface area contributed by atoms with E-state index in [0.29, 0.717) is 10.8 Å². The van der Waals surface area contributed by atoms with E-state index >= 15 is 0 Å². The highest BCUT2D eigenvalue weighted by Gasteiger charge is 2.02. The van der Waals surface area contributed by atoms with E-state index in [4.69, 9.17) is 12.2 Å². The Bertz CT molecular complexity index is 599. The Balaban J connectivity index is 1.74. The van der Waals surface area contributed by atoms with Crippen LogP contribution >= 0.6 is 12.2 Å². The second-order valence-corrected chi connectivity index (χ2v) is 5.34. The maximum absolute atomic E-state index is 13.2. The van der Waals surface area contributed by atoms with Gasteiger partial charge in [0.05, 0.1) is 0 Å². The van der Waals surface area contributed by atoms with Gasteiger partial charge in [-0.25, -0.2) is 4.39 Å². The van der Waals surface area contributed by atoms with Crippen molar-refractivity contribution >= 4 is 23.0 Å². The molecule has 2 aromatic carbocycles. The Morgan fingerprint density at radius 3 is 2.67 bits per heavy atom. The van der Waals surface area contributed by atoms with Gasteiger partial charge >= 0.3 is 0 Å². The fourth-order valence-corrected chi connectivity index (χ4v) is 2.25. The number of anilines is 1. The Morgan fingerprint density at radius 2 is 1.90 bits per heavy atom. The minimum absolute atomic E-state index is 0.269. The van der Waals surface area contributed by atoms with Gasteiger partial charge < -0.3 is 10.6 Å². The van der Waals surface area contributed by atoms with Gasteiger partial charge in [-0.15, -0.1) is 0 Å². The van der Waals surface area contributed by atoms with Gasteiger partial charge in [0.1, 0.15) is 5.82 Å². The molecule has 0 atom stereocenters. The van der Waals surface area contributed by atoms with E-state index in [1.165, 1.54) is 17.7 Å². The predicted molar refractivity (Wildman–Crippen MR) is 90.1 cm³/mol. The molecule has 4 heteroatoms. The molecule has 0 aromatic heterocycles. The molecule has 0 bridgehead atoms. The lowest BCUT2D eigenvalue weighted by atomic mass is 10.1. The van der Waals surface area contributed by atoms with Gasteiger partial charge in [0.25, 0.3) is 0 Å². The largest absolute Gasteiger partial charge is 0.362 e. The van der Waals surface area contributed by atoms with Crippen LogP contribution in [0.2, 0.25) is 0 Å². The highest BCUT2D eigenvalue weighted by atomic mass is 32.1. The summed E-state index contributed by atoms with van der Waals surface area (Å²) in [5, 5.41) is 6.70. The zero-order valence-electron chi connectivity index (χ0n) is 12.0. The van der Waals surface area contributed by atoms with Crippen molar-refractivity contribution in [1.82, 2.24) is 5.32 Å². The van der Waals surface area contributed by atoms with Crippen LogP contribution in [0.15, 0.2) is 48.5 Å². The van der Waals surface area contributed by atoms with Crippen molar-refractivity contribution in [2.24, 2.45) is 0 Å². The molecule has 0 aliphatic rings. The van der Waals surface area contributed by atoms with E-state index in [9.17, 15) is 4.39 Å². The number of thiocarbonyl (C=S) groups is 1. The third-order valence-electron chi connectivity index (χ3n) is 3.22. The molecule has 110 valence electrons. The van der Waals surface area contributed by atoms with Crippen LogP contribution < -0.4 is 10.6 Å². The molecule has 0 aliphatic heterocycles. The first-order valence-corrected chi connectivity index (χ1v) is 7.41. The minimum atomic E-state index is -0.269. The van der Waals surface area contributed by atoms with Gasteiger partial charge in [0.2, 0.25) is 0 Å². The van der Waals surface area contributed by atoms with Gasteiger partial charge in [0.15, 0.2) is 5.11 Å². The van der Waals surface area contributed by atoms with Crippen molar-refractivity contribution in [3.63, 3.8) is 0 Å². The summed E-state index contributed by atoms with van der Waals surface area (Å²) in [6.45, 7) is 2.70. The SMILES string of the molecule is Cc1ccc(F)cc1NC(=S)NCCCc1ccccc1. The van der Waals surface area contributed by atoms with Crippen LogP contribution in [0.4, 0.5) is 10.1 Å². The smallest absolute Gasteiger partial charge is 0.170 e. The molecule has 0 spiro atoms. The molecule has 0 aliphatic carbocycles. The van der Waals surface area contributed by atoms with E-state index < -0.39 is 0 Å². The van der Waals surface area contributed by atoms with Gasteiger partial charge in [-0.1, -0.05) is 36.4 Å². The fourth-order valence-electron chi connectivity index (χ4n) is 2.03. The highest BCUT2D eigenvalue weighted by molar-refractivity contribution is 7.80. The van der Waals surface area contributed by atoms with Crippen molar-refractivity contribution in [3.8, 4) is 0 Å². The number of halogens is 1. The molecule has 2 nitrogen and oxygen atoms in total. The van der Waals surface area contributed by atoms with Crippen LogP contribution in [0.1, 0.15) is 17.5 Å². The Morgan fingerprint density at radius 1 is 1.14 bits per heavy atom. The van der Waals surface area contributed by atoms with Crippen LogP contribution in [0, 0.1) is 12.7 Å². The number of hydrogen-bond acceptors (Lipinski definition) is 1. The number of benzene rings is 2. The minimum Gasteiger partial charge on any atom is -0.362 e. The molecule has 0 amide bonds. The molecule has 0 saturated heterocycles. The quantitative estimate of drug-likeness (QED) is 0.643. The molecule has 0 unspecified atom stereocenters. The molecular formula is C17H19FN2S. The lowest BCUT2D eigenvalue weighted by molar-refractivity contribution is 0.628. The first kappa shape index (κ1) is 15.4. The summed E-state index contributed by atoms with van der Waals surface area (Å²) in [5.74, 6) is -0.269. The number of nitrogens with one attached hydrogen (secondary N) is 2. The van der Waals surface area contributed by atoms with Gasteiger partial charge in [-0.3, -0.25) is 0 Å². The van der Waals surface area contributed by atoms with Crippen molar-refractivity contribution in [2.45, 2.75) is 19.8 Å². The summed E-state index contributed by atoms with van der Waals surface area (Å²) < 4.78 is 13.2. The zero-order valence-corrected chi connectivity index (χ0v) is 12.8. The normalized spacial score (nSPS) is 10.2. The van der Waals surface area contributed by atoms with E-state index in [1.54, 1.807) is 6.07 Å². The zero-order chi connectivity index (χ0) is 15.1. The van der Waals surface area contributed by atoms with Crippen LogP contribution in [0.25, 0.3) is 0 Å². The topological polar surface area (TPSA) is 24.1 Å². The molecule has 2 rings (SSSR count). The Hall–Kier alpha value is -1.94. The van der Waals surface area contributed by atoms with Crippen LogP contribution in [-0.2, 0) is 6.42 Å². The molecule has 2 aromatic rings. The first-order valence-electron chi connectivity index (χ1n) is 7.00. The Labute approximate surface area is 130 Å². The third kappa shape index (κ3) is 5.16. The van der Waals surface area contributed by atoms with Gasteiger partial charge in [-0.05, 0) is 55.2 Å². The van der Waals surface area contributed by atoms with E-state index in [1.807, 2.05) is 25.1 Å².